The van der Waals surface area contributed by atoms with E-state index in [1.165, 1.54) is 4.90 Å². The molecule has 2 heterocycles. The van der Waals surface area contributed by atoms with Gasteiger partial charge in [-0.3, -0.25) is 19.3 Å². The fourth-order valence-electron chi connectivity index (χ4n) is 4.10. The Morgan fingerprint density at radius 2 is 1.91 bits per heavy atom. The Hall–Kier alpha value is -2.37. The highest BCUT2D eigenvalue weighted by Gasteiger charge is 2.59. The summed E-state index contributed by atoms with van der Waals surface area (Å²) in [4.78, 5) is 40.1. The van der Waals surface area contributed by atoms with Gasteiger partial charge in [0.15, 0.2) is 0 Å². The van der Waals surface area contributed by atoms with Gasteiger partial charge in [-0.15, -0.1) is 0 Å². The Labute approximate surface area is 133 Å². The molecule has 2 fully saturated rings. The van der Waals surface area contributed by atoms with Crippen LogP contribution in [0.5, 0.6) is 0 Å². The van der Waals surface area contributed by atoms with Crippen molar-refractivity contribution in [1.82, 2.24) is 9.80 Å². The van der Waals surface area contributed by atoms with Gasteiger partial charge in [0.05, 0.1) is 24.6 Å². The van der Waals surface area contributed by atoms with Gasteiger partial charge in [0, 0.05) is 7.05 Å². The number of amides is 3. The van der Waals surface area contributed by atoms with E-state index in [0.717, 1.165) is 11.3 Å². The summed E-state index contributed by atoms with van der Waals surface area (Å²) in [5.41, 5.74) is 0. The quantitative estimate of drug-likeness (QED) is 0.615. The molecule has 6 heteroatoms. The largest absolute Gasteiger partial charge is 0.467 e. The van der Waals surface area contributed by atoms with E-state index in [9.17, 15) is 14.4 Å². The number of likely N-dealkylation sites (N-methyl/N-ethyl adjacent to an activating group) is 1. The molecule has 0 aromatic carbocycles. The third-order valence-electron chi connectivity index (χ3n) is 5.25. The molecule has 6 nitrogen and oxygen atoms in total. The minimum absolute atomic E-state index is 0.169. The number of likely N-dealkylation sites (tertiary alicyclic amines) is 1. The summed E-state index contributed by atoms with van der Waals surface area (Å²) in [5.74, 6) is -0.123. The van der Waals surface area contributed by atoms with Crippen LogP contribution in [0, 0.1) is 23.7 Å². The molecule has 3 aliphatic rings. The van der Waals surface area contributed by atoms with Crippen molar-refractivity contribution in [1.29, 1.82) is 0 Å². The molecule has 3 amide bonds. The van der Waals surface area contributed by atoms with Crippen molar-refractivity contribution in [3.8, 4) is 0 Å². The Bertz CT molecular complexity index is 663. The van der Waals surface area contributed by atoms with Crippen molar-refractivity contribution in [2.75, 3.05) is 13.6 Å². The predicted octanol–water partition coefficient (Wildman–Crippen LogP) is 1.05. The molecule has 1 aromatic rings. The number of imide groups is 1. The summed E-state index contributed by atoms with van der Waals surface area (Å²) in [5, 5.41) is 0. The van der Waals surface area contributed by atoms with Gasteiger partial charge in [-0.2, -0.15) is 0 Å². The summed E-state index contributed by atoms with van der Waals surface area (Å²) in [7, 11) is 1.64. The molecule has 1 aliphatic heterocycles. The van der Waals surface area contributed by atoms with E-state index >= 15 is 0 Å². The van der Waals surface area contributed by atoms with Crippen LogP contribution >= 0.6 is 0 Å². The highest BCUT2D eigenvalue weighted by Crippen LogP contribution is 2.52. The summed E-state index contributed by atoms with van der Waals surface area (Å²) in [6.07, 6.45) is 6.54. The van der Waals surface area contributed by atoms with Crippen LogP contribution < -0.4 is 0 Å². The number of fused-ring (bicyclic) bond motifs is 5. The van der Waals surface area contributed by atoms with E-state index in [1.54, 1.807) is 25.4 Å². The average molecular weight is 314 g/mol. The van der Waals surface area contributed by atoms with Gasteiger partial charge in [-0.1, -0.05) is 12.2 Å². The molecule has 4 unspecified atom stereocenters. The van der Waals surface area contributed by atoms with Crippen LogP contribution in [0.15, 0.2) is 35.0 Å². The lowest BCUT2D eigenvalue weighted by atomic mass is 9.85. The highest BCUT2D eigenvalue weighted by atomic mass is 16.3. The van der Waals surface area contributed by atoms with E-state index in [0.29, 0.717) is 12.3 Å². The van der Waals surface area contributed by atoms with Crippen molar-refractivity contribution in [3.63, 3.8) is 0 Å². The van der Waals surface area contributed by atoms with Crippen LogP contribution in [0.3, 0.4) is 0 Å². The molecule has 2 bridgehead atoms. The number of furan rings is 1. The molecule has 0 N–H and O–H groups in total. The maximum Gasteiger partial charge on any atom is 0.242 e. The molecular formula is C17H18N2O4. The van der Waals surface area contributed by atoms with E-state index in [2.05, 4.69) is 0 Å². The molecule has 0 radical (unpaired) electrons. The smallest absolute Gasteiger partial charge is 0.242 e. The zero-order valence-electron chi connectivity index (χ0n) is 12.8. The van der Waals surface area contributed by atoms with Crippen LogP contribution in [-0.4, -0.2) is 41.1 Å². The molecule has 1 saturated heterocycles. The number of hydrogen-bond acceptors (Lipinski definition) is 4. The van der Waals surface area contributed by atoms with Gasteiger partial charge >= 0.3 is 0 Å². The van der Waals surface area contributed by atoms with Crippen LogP contribution in [0.25, 0.3) is 0 Å². The molecule has 1 saturated carbocycles. The van der Waals surface area contributed by atoms with Crippen LogP contribution in [0.4, 0.5) is 0 Å². The molecule has 23 heavy (non-hydrogen) atoms. The topological polar surface area (TPSA) is 70.8 Å². The van der Waals surface area contributed by atoms with Gasteiger partial charge in [0.25, 0.3) is 0 Å². The number of nitrogens with zero attached hydrogens (tertiary/aromatic N) is 2. The fourth-order valence-corrected chi connectivity index (χ4v) is 4.10. The van der Waals surface area contributed by atoms with Crippen LogP contribution in [-0.2, 0) is 20.9 Å². The number of hydrogen-bond donors (Lipinski definition) is 0. The number of rotatable bonds is 4. The lowest BCUT2D eigenvalue weighted by molar-refractivity contribution is -0.146. The minimum Gasteiger partial charge on any atom is -0.467 e. The number of carbonyl (C=O) groups excluding carboxylic acids is 3. The van der Waals surface area contributed by atoms with Gasteiger partial charge in [0.2, 0.25) is 17.7 Å². The second kappa shape index (κ2) is 5.08. The van der Waals surface area contributed by atoms with Crippen LogP contribution in [0.1, 0.15) is 12.2 Å². The third kappa shape index (κ3) is 2.12. The zero-order chi connectivity index (χ0) is 16.1. The predicted molar refractivity (Wildman–Crippen MR) is 79.6 cm³/mol. The normalized spacial score (nSPS) is 31.1. The van der Waals surface area contributed by atoms with Crippen molar-refractivity contribution >= 4 is 17.7 Å². The lowest BCUT2D eigenvalue weighted by Gasteiger charge is -2.21. The maximum atomic E-state index is 12.5. The summed E-state index contributed by atoms with van der Waals surface area (Å²) >= 11 is 0. The van der Waals surface area contributed by atoms with E-state index < -0.39 is 0 Å². The second-order valence-electron chi connectivity index (χ2n) is 6.59. The first-order chi connectivity index (χ1) is 11.1. The fraction of sp³-hybridized carbons (Fsp3) is 0.471. The van der Waals surface area contributed by atoms with E-state index in [4.69, 9.17) is 4.42 Å². The molecule has 4 rings (SSSR count). The first kappa shape index (κ1) is 14.2. The molecule has 1 aromatic heterocycles. The lowest BCUT2D eigenvalue weighted by Crippen LogP contribution is -2.42. The summed E-state index contributed by atoms with van der Waals surface area (Å²) < 4.78 is 5.21. The van der Waals surface area contributed by atoms with Crippen LogP contribution in [0.2, 0.25) is 0 Å². The van der Waals surface area contributed by atoms with Gasteiger partial charge < -0.3 is 9.32 Å². The summed E-state index contributed by atoms with van der Waals surface area (Å²) in [6.45, 7) is 0.142. The van der Waals surface area contributed by atoms with Crippen molar-refractivity contribution < 1.29 is 18.8 Å². The van der Waals surface area contributed by atoms with E-state index in [1.807, 2.05) is 12.2 Å². The Balaban J connectivity index is 1.44. The standard InChI is InChI=1S/C17H18N2O4/c1-18(8-12-3-2-6-23-12)13(20)9-19-16(21)14-10-4-5-11(7-10)15(14)17(19)22/h2-6,10-11,14-15H,7-9H2,1H3. The number of allylic oxidation sites excluding steroid dienone is 2. The highest BCUT2D eigenvalue weighted by molar-refractivity contribution is 6.08. The molecule has 0 spiro atoms. The Morgan fingerprint density at radius 1 is 1.26 bits per heavy atom. The second-order valence-corrected chi connectivity index (χ2v) is 6.59. The van der Waals surface area contributed by atoms with E-state index in [-0.39, 0.29) is 47.9 Å². The van der Waals surface area contributed by atoms with Gasteiger partial charge in [0.1, 0.15) is 12.3 Å². The Morgan fingerprint density at radius 3 is 2.48 bits per heavy atom. The molecule has 120 valence electrons. The molecule has 4 atom stereocenters. The van der Waals surface area contributed by atoms with Gasteiger partial charge in [-0.25, -0.2) is 0 Å². The van der Waals surface area contributed by atoms with Crippen molar-refractivity contribution in [3.05, 3.63) is 36.3 Å². The van der Waals surface area contributed by atoms with Crippen molar-refractivity contribution in [2.45, 2.75) is 13.0 Å². The Kier molecular flexibility index (Phi) is 3.14. The minimum atomic E-state index is -0.261. The number of carbonyl (C=O) groups is 3. The van der Waals surface area contributed by atoms with Crippen molar-refractivity contribution in [2.24, 2.45) is 23.7 Å². The third-order valence-corrected chi connectivity index (χ3v) is 5.25. The maximum absolute atomic E-state index is 12.5. The first-order valence-corrected chi connectivity index (χ1v) is 7.86. The SMILES string of the molecule is CN(Cc1ccco1)C(=O)CN1C(=O)C2C3C=CC(C3)C2C1=O. The first-order valence-electron chi connectivity index (χ1n) is 7.86. The van der Waals surface area contributed by atoms with Gasteiger partial charge in [-0.05, 0) is 30.4 Å². The molecular weight excluding hydrogens is 296 g/mol. The summed E-state index contributed by atoms with van der Waals surface area (Å²) in [6, 6.07) is 3.54. The zero-order valence-corrected chi connectivity index (χ0v) is 12.8. The molecule has 2 aliphatic carbocycles. The average Bonchev–Trinajstić information content (AvgIpc) is 3.28. The monoisotopic (exact) mass is 314 g/mol.